The van der Waals surface area contributed by atoms with E-state index in [1.54, 1.807) is 0 Å². The molecule has 15 heavy (non-hydrogen) atoms. The first-order valence-electron chi connectivity index (χ1n) is 5.99. The minimum atomic E-state index is 0.664. The molecule has 2 nitrogen and oxygen atoms in total. The van der Waals surface area contributed by atoms with Gasteiger partial charge in [0.25, 0.3) is 0 Å². The number of hydrogen-bond donors (Lipinski definition) is 1. The van der Waals surface area contributed by atoms with Crippen LogP contribution in [0.4, 0.5) is 0 Å². The topological polar surface area (TPSA) is 38.9 Å². The van der Waals surface area contributed by atoms with Crippen molar-refractivity contribution < 1.29 is 0 Å². The van der Waals surface area contributed by atoms with E-state index >= 15 is 0 Å². The van der Waals surface area contributed by atoms with Crippen molar-refractivity contribution in [1.29, 1.82) is 0 Å². The van der Waals surface area contributed by atoms with E-state index in [1.807, 2.05) is 18.5 Å². The average molecular weight is 204 g/mol. The largest absolute Gasteiger partial charge is 0.330 e. The lowest BCUT2D eigenvalue weighted by Crippen LogP contribution is -2.24. The lowest BCUT2D eigenvalue weighted by atomic mass is 9.86. The van der Waals surface area contributed by atoms with Gasteiger partial charge in [0.2, 0.25) is 0 Å². The quantitative estimate of drug-likeness (QED) is 0.818. The molecule has 0 saturated heterocycles. The molecular formula is C13H20N2. The van der Waals surface area contributed by atoms with Gasteiger partial charge in [-0.2, -0.15) is 0 Å². The summed E-state index contributed by atoms with van der Waals surface area (Å²) in [6.45, 7) is 0.819. The van der Waals surface area contributed by atoms with Gasteiger partial charge < -0.3 is 5.73 Å². The van der Waals surface area contributed by atoms with E-state index in [0.29, 0.717) is 5.92 Å². The van der Waals surface area contributed by atoms with E-state index in [1.165, 1.54) is 31.2 Å². The van der Waals surface area contributed by atoms with Gasteiger partial charge in [0.1, 0.15) is 0 Å². The first-order valence-corrected chi connectivity index (χ1v) is 5.99. The maximum Gasteiger partial charge on any atom is 0.0299 e. The Balaban J connectivity index is 1.96. The summed E-state index contributed by atoms with van der Waals surface area (Å²) in [6.07, 6.45) is 10.5. The zero-order chi connectivity index (χ0) is 10.5. The fraction of sp³-hybridized carbons (Fsp3) is 0.615. The van der Waals surface area contributed by atoms with Gasteiger partial charge in [-0.3, -0.25) is 4.98 Å². The Bertz CT molecular complexity index is 278. The molecule has 1 aromatic heterocycles. The zero-order valence-corrected chi connectivity index (χ0v) is 9.23. The molecule has 1 fully saturated rings. The van der Waals surface area contributed by atoms with Gasteiger partial charge in [-0.25, -0.2) is 0 Å². The second-order valence-corrected chi connectivity index (χ2v) is 4.61. The van der Waals surface area contributed by atoms with Crippen molar-refractivity contribution in [3.8, 4) is 0 Å². The molecule has 0 spiro atoms. The molecule has 2 heteroatoms. The Hall–Kier alpha value is -0.890. The molecule has 82 valence electrons. The van der Waals surface area contributed by atoms with Crippen LogP contribution >= 0.6 is 0 Å². The summed E-state index contributed by atoms with van der Waals surface area (Å²) in [5, 5.41) is 0. The van der Waals surface area contributed by atoms with Gasteiger partial charge in [-0.05, 0) is 36.4 Å². The van der Waals surface area contributed by atoms with Crippen molar-refractivity contribution in [2.24, 2.45) is 17.6 Å². The van der Waals surface area contributed by atoms with Crippen molar-refractivity contribution in [2.75, 3.05) is 6.54 Å². The molecule has 2 rings (SSSR count). The van der Waals surface area contributed by atoms with Crippen molar-refractivity contribution in [2.45, 2.75) is 32.1 Å². The van der Waals surface area contributed by atoms with Gasteiger partial charge in [0.15, 0.2) is 0 Å². The van der Waals surface area contributed by atoms with Crippen molar-refractivity contribution in [1.82, 2.24) is 4.98 Å². The maximum absolute atomic E-state index is 5.88. The lowest BCUT2D eigenvalue weighted by molar-refractivity contribution is 0.344. The molecular weight excluding hydrogens is 184 g/mol. The fourth-order valence-corrected chi connectivity index (χ4v) is 2.69. The van der Waals surface area contributed by atoms with Gasteiger partial charge in [0.05, 0.1) is 0 Å². The van der Waals surface area contributed by atoms with Crippen LogP contribution in [0, 0.1) is 11.8 Å². The monoisotopic (exact) mass is 204 g/mol. The number of rotatable bonds is 4. The van der Waals surface area contributed by atoms with Gasteiger partial charge in [-0.15, -0.1) is 0 Å². The predicted octanol–water partition coefficient (Wildman–Crippen LogP) is 2.39. The van der Waals surface area contributed by atoms with Gasteiger partial charge in [0, 0.05) is 12.4 Å². The van der Waals surface area contributed by atoms with E-state index in [9.17, 15) is 0 Å². The van der Waals surface area contributed by atoms with E-state index in [2.05, 4.69) is 11.1 Å². The van der Waals surface area contributed by atoms with Crippen LogP contribution in [0.3, 0.4) is 0 Å². The molecule has 1 aliphatic rings. The van der Waals surface area contributed by atoms with Crippen LogP contribution < -0.4 is 5.73 Å². The molecule has 0 amide bonds. The number of hydrogen-bond acceptors (Lipinski definition) is 2. The van der Waals surface area contributed by atoms with E-state index in [4.69, 9.17) is 5.73 Å². The smallest absolute Gasteiger partial charge is 0.0299 e. The second kappa shape index (κ2) is 5.26. The third-order valence-electron chi connectivity index (χ3n) is 3.59. The average Bonchev–Trinajstić information content (AvgIpc) is 2.81. The van der Waals surface area contributed by atoms with Crippen LogP contribution in [0.15, 0.2) is 24.5 Å². The Morgan fingerprint density at radius 2 is 2.20 bits per heavy atom. The van der Waals surface area contributed by atoms with Crippen molar-refractivity contribution >= 4 is 0 Å². The van der Waals surface area contributed by atoms with Crippen molar-refractivity contribution in [3.63, 3.8) is 0 Å². The number of nitrogens with zero attached hydrogens (tertiary/aromatic N) is 1. The summed E-state index contributed by atoms with van der Waals surface area (Å²) in [4.78, 5) is 4.16. The van der Waals surface area contributed by atoms with Crippen LogP contribution in [0.2, 0.25) is 0 Å². The predicted molar refractivity (Wildman–Crippen MR) is 62.4 cm³/mol. The normalized spacial score (nSPS) is 19.3. The fourth-order valence-electron chi connectivity index (χ4n) is 2.69. The summed E-state index contributed by atoms with van der Waals surface area (Å²) < 4.78 is 0. The lowest BCUT2D eigenvalue weighted by Gasteiger charge is -2.21. The van der Waals surface area contributed by atoms with E-state index < -0.39 is 0 Å². The molecule has 1 unspecified atom stereocenters. The minimum absolute atomic E-state index is 0.664. The number of nitrogens with two attached hydrogens (primary N) is 1. The van der Waals surface area contributed by atoms with Gasteiger partial charge in [-0.1, -0.05) is 31.7 Å². The SMILES string of the molecule is NCC(Cc1cccnc1)C1CCCC1. The van der Waals surface area contributed by atoms with Crippen molar-refractivity contribution in [3.05, 3.63) is 30.1 Å². The molecule has 1 saturated carbocycles. The molecule has 1 aromatic rings. The highest BCUT2D eigenvalue weighted by atomic mass is 14.6. The molecule has 0 bridgehead atoms. The van der Waals surface area contributed by atoms with Crippen LogP contribution in [0.1, 0.15) is 31.2 Å². The highest BCUT2D eigenvalue weighted by molar-refractivity contribution is 5.09. The van der Waals surface area contributed by atoms with Crippen LogP contribution in [0.25, 0.3) is 0 Å². The van der Waals surface area contributed by atoms with Crippen LogP contribution in [-0.4, -0.2) is 11.5 Å². The standard InChI is InChI=1S/C13H20N2/c14-9-13(12-5-1-2-6-12)8-11-4-3-7-15-10-11/h3-4,7,10,12-13H,1-2,5-6,8-9,14H2. The molecule has 0 aromatic carbocycles. The summed E-state index contributed by atoms with van der Waals surface area (Å²) >= 11 is 0. The third-order valence-corrected chi connectivity index (χ3v) is 3.59. The highest BCUT2D eigenvalue weighted by Gasteiger charge is 2.23. The first kappa shape index (κ1) is 10.6. The second-order valence-electron chi connectivity index (χ2n) is 4.61. The number of pyridine rings is 1. The Kier molecular flexibility index (Phi) is 3.73. The Labute approximate surface area is 91.9 Å². The molecule has 0 aliphatic heterocycles. The van der Waals surface area contributed by atoms with Gasteiger partial charge >= 0.3 is 0 Å². The highest BCUT2D eigenvalue weighted by Crippen LogP contribution is 2.32. The van der Waals surface area contributed by atoms with E-state index in [-0.39, 0.29) is 0 Å². The first-order chi connectivity index (χ1) is 7.40. The Morgan fingerprint density at radius 1 is 1.40 bits per heavy atom. The van der Waals surface area contributed by atoms with Crippen LogP contribution in [0.5, 0.6) is 0 Å². The molecule has 2 N–H and O–H groups in total. The molecule has 1 atom stereocenters. The van der Waals surface area contributed by atoms with E-state index in [0.717, 1.165) is 18.9 Å². The Morgan fingerprint density at radius 3 is 2.80 bits per heavy atom. The third kappa shape index (κ3) is 2.78. The van der Waals surface area contributed by atoms with Crippen LogP contribution in [-0.2, 0) is 6.42 Å². The number of aromatic nitrogens is 1. The maximum atomic E-state index is 5.88. The summed E-state index contributed by atoms with van der Waals surface area (Å²) in [5.41, 5.74) is 7.21. The molecule has 1 aliphatic carbocycles. The summed E-state index contributed by atoms with van der Waals surface area (Å²) in [6, 6.07) is 4.17. The molecule has 0 radical (unpaired) electrons. The summed E-state index contributed by atoms with van der Waals surface area (Å²) in [7, 11) is 0. The summed E-state index contributed by atoms with van der Waals surface area (Å²) in [5.74, 6) is 1.52. The zero-order valence-electron chi connectivity index (χ0n) is 9.23. The minimum Gasteiger partial charge on any atom is -0.330 e. The molecule has 1 heterocycles.